The van der Waals surface area contributed by atoms with Crippen LogP contribution in [0, 0.1) is 25.2 Å². The van der Waals surface area contributed by atoms with Gasteiger partial charge in [-0.3, -0.25) is 0 Å². The molecule has 1 aromatic rings. The summed E-state index contributed by atoms with van der Waals surface area (Å²) in [5.74, 6) is 1.97. The number of benzene rings is 1. The zero-order valence-electron chi connectivity index (χ0n) is 18.0. The number of carboxylic acids is 1. The topological polar surface area (TPSA) is 87.7 Å². The summed E-state index contributed by atoms with van der Waals surface area (Å²) in [6.07, 6.45) is 8.83. The van der Waals surface area contributed by atoms with Crippen LogP contribution in [0.4, 0.5) is 10.5 Å². The van der Waals surface area contributed by atoms with Crippen molar-refractivity contribution in [3.8, 4) is 12.3 Å². The Morgan fingerprint density at radius 1 is 1.24 bits per heavy atom. The Morgan fingerprint density at radius 3 is 2.38 bits per heavy atom. The summed E-state index contributed by atoms with van der Waals surface area (Å²) in [5, 5.41) is 15.8. The van der Waals surface area contributed by atoms with E-state index in [1.54, 1.807) is 6.92 Å². The molecule has 3 N–H and O–H groups in total. The third kappa shape index (κ3) is 6.42. The highest BCUT2D eigenvalue weighted by Gasteiger charge is 2.28. The van der Waals surface area contributed by atoms with Gasteiger partial charge in [0, 0.05) is 23.3 Å². The molecule has 29 heavy (non-hydrogen) atoms. The summed E-state index contributed by atoms with van der Waals surface area (Å²) in [7, 11) is 0. The number of hydrogen-bond acceptors (Lipinski definition) is 4. The van der Waals surface area contributed by atoms with E-state index in [-0.39, 0.29) is 23.7 Å². The highest BCUT2D eigenvalue weighted by atomic mass is 16.6. The molecule has 1 saturated carbocycles. The normalized spacial score (nSPS) is 20.3. The van der Waals surface area contributed by atoms with Gasteiger partial charge in [0.15, 0.2) is 0 Å². The second-order valence-electron chi connectivity index (χ2n) is 8.84. The lowest BCUT2D eigenvalue weighted by atomic mass is 9.82. The molecule has 0 bridgehead atoms. The lowest BCUT2D eigenvalue weighted by Gasteiger charge is -2.34. The van der Waals surface area contributed by atoms with Crippen LogP contribution in [-0.4, -0.2) is 34.9 Å². The Morgan fingerprint density at radius 2 is 1.86 bits per heavy atom. The number of carboxylic acid groups (broad SMARTS) is 1. The number of rotatable bonds is 5. The first-order chi connectivity index (χ1) is 13.5. The number of carbonyl (C=O) groups excluding carboxylic acids is 1. The van der Waals surface area contributed by atoms with Crippen molar-refractivity contribution in [3.05, 3.63) is 28.8 Å². The first kappa shape index (κ1) is 22.6. The van der Waals surface area contributed by atoms with Crippen LogP contribution < -0.4 is 10.6 Å². The molecule has 1 amide bonds. The van der Waals surface area contributed by atoms with Gasteiger partial charge in [0.05, 0.1) is 5.56 Å². The molecule has 0 spiro atoms. The Labute approximate surface area is 173 Å². The van der Waals surface area contributed by atoms with E-state index in [9.17, 15) is 14.7 Å². The van der Waals surface area contributed by atoms with Crippen molar-refractivity contribution in [2.24, 2.45) is 5.92 Å². The molecule has 6 heteroatoms. The predicted octanol–water partition coefficient (Wildman–Crippen LogP) is 4.56. The van der Waals surface area contributed by atoms with Gasteiger partial charge < -0.3 is 20.5 Å². The maximum Gasteiger partial charge on any atom is 0.407 e. The molecule has 1 aliphatic rings. The third-order valence-corrected chi connectivity index (χ3v) is 5.39. The molecule has 1 atom stereocenters. The molecule has 6 nitrogen and oxygen atoms in total. The van der Waals surface area contributed by atoms with Gasteiger partial charge >= 0.3 is 12.1 Å². The molecule has 158 valence electrons. The van der Waals surface area contributed by atoms with Crippen molar-refractivity contribution >= 4 is 17.7 Å². The lowest BCUT2D eigenvalue weighted by Crippen LogP contribution is -2.42. The molecule has 0 heterocycles. The number of aromatic carboxylic acids is 1. The zero-order valence-corrected chi connectivity index (χ0v) is 18.0. The molecule has 2 rings (SSSR count). The van der Waals surface area contributed by atoms with Crippen molar-refractivity contribution in [2.75, 3.05) is 5.32 Å². The number of alkyl carbamates (subject to hydrolysis) is 1. The van der Waals surface area contributed by atoms with Gasteiger partial charge in [-0.15, -0.1) is 6.42 Å². The van der Waals surface area contributed by atoms with Gasteiger partial charge in [-0.25, -0.2) is 9.59 Å². The summed E-state index contributed by atoms with van der Waals surface area (Å²) in [4.78, 5) is 23.5. The smallest absolute Gasteiger partial charge is 0.407 e. The maximum atomic E-state index is 12.0. The molecule has 0 aromatic heterocycles. The summed E-state index contributed by atoms with van der Waals surface area (Å²) in [6.45, 7) is 9.45. The molecular formula is C23H32N2O4. The minimum Gasteiger partial charge on any atom is -0.478 e. The average Bonchev–Trinajstić information content (AvgIpc) is 2.62. The van der Waals surface area contributed by atoms with Crippen LogP contribution in [0.2, 0.25) is 0 Å². The van der Waals surface area contributed by atoms with Gasteiger partial charge in [-0.05, 0) is 83.9 Å². The van der Waals surface area contributed by atoms with Gasteiger partial charge in [0.2, 0.25) is 0 Å². The molecule has 1 aliphatic carbocycles. The summed E-state index contributed by atoms with van der Waals surface area (Å²) in [5.41, 5.74) is 1.72. The van der Waals surface area contributed by atoms with Gasteiger partial charge in [-0.1, -0.05) is 5.92 Å². The van der Waals surface area contributed by atoms with E-state index >= 15 is 0 Å². The van der Waals surface area contributed by atoms with E-state index in [4.69, 9.17) is 11.2 Å². The molecule has 1 unspecified atom stereocenters. The fourth-order valence-corrected chi connectivity index (χ4v) is 3.77. The van der Waals surface area contributed by atoms with Gasteiger partial charge in [-0.2, -0.15) is 0 Å². The van der Waals surface area contributed by atoms with Gasteiger partial charge in [0.1, 0.15) is 5.60 Å². The second-order valence-corrected chi connectivity index (χ2v) is 8.84. The van der Waals surface area contributed by atoms with Crippen LogP contribution in [0.25, 0.3) is 0 Å². The van der Waals surface area contributed by atoms with Crippen LogP contribution in [0.3, 0.4) is 0 Å². The molecule has 0 radical (unpaired) electrons. The van der Waals surface area contributed by atoms with Gasteiger partial charge in [0.25, 0.3) is 0 Å². The van der Waals surface area contributed by atoms with Crippen LogP contribution in [-0.2, 0) is 4.74 Å². The summed E-state index contributed by atoms with van der Waals surface area (Å²) >= 11 is 0. The van der Waals surface area contributed by atoms with Crippen molar-refractivity contribution in [2.45, 2.75) is 78.0 Å². The quantitative estimate of drug-likeness (QED) is 0.631. The molecule has 0 saturated heterocycles. The summed E-state index contributed by atoms with van der Waals surface area (Å²) < 4.78 is 5.33. The number of carbonyl (C=O) groups is 2. The fraction of sp³-hybridized carbons (Fsp3) is 0.565. The Bertz CT molecular complexity index is 796. The van der Waals surface area contributed by atoms with Crippen LogP contribution in [0.5, 0.6) is 0 Å². The Hall–Kier alpha value is -2.68. The average molecular weight is 401 g/mol. The van der Waals surface area contributed by atoms with E-state index in [0.29, 0.717) is 17.0 Å². The Kier molecular flexibility index (Phi) is 7.18. The largest absolute Gasteiger partial charge is 0.478 e. The van der Waals surface area contributed by atoms with Crippen molar-refractivity contribution in [1.82, 2.24) is 5.32 Å². The van der Waals surface area contributed by atoms with E-state index in [1.807, 2.05) is 26.8 Å². The standard InChI is InChI=1S/C23H32N2O4/c1-7-16-12-19(21(26)27)14(2)20(13-16)24-15(3)17-8-10-18(11-9-17)25-22(28)29-23(4,5)6/h1,12-13,15,17-18,24H,8-11H2,2-6H3,(H,25,28)(H,26,27). The summed E-state index contributed by atoms with van der Waals surface area (Å²) in [6, 6.07) is 3.64. The molecule has 0 aliphatic heterocycles. The number of terminal acetylenes is 1. The number of hydrogen-bond donors (Lipinski definition) is 3. The fourth-order valence-electron chi connectivity index (χ4n) is 3.77. The second kappa shape index (κ2) is 9.21. The molecular weight excluding hydrogens is 368 g/mol. The monoisotopic (exact) mass is 400 g/mol. The first-order valence-electron chi connectivity index (χ1n) is 10.1. The SMILES string of the molecule is C#Cc1cc(NC(C)C2CCC(NC(=O)OC(C)(C)C)CC2)c(C)c(C(=O)O)c1. The number of amides is 1. The highest BCUT2D eigenvalue weighted by molar-refractivity contribution is 5.92. The number of anilines is 1. The predicted molar refractivity (Wildman–Crippen MR) is 114 cm³/mol. The van der Waals surface area contributed by atoms with Crippen LogP contribution in [0.15, 0.2) is 12.1 Å². The minimum absolute atomic E-state index is 0.124. The number of nitrogens with one attached hydrogen (secondary N) is 2. The van der Waals surface area contributed by atoms with E-state index < -0.39 is 11.6 Å². The zero-order chi connectivity index (χ0) is 21.8. The Balaban J connectivity index is 1.96. The van der Waals surface area contributed by atoms with Crippen LogP contribution in [0.1, 0.15) is 74.9 Å². The maximum absolute atomic E-state index is 12.0. The van der Waals surface area contributed by atoms with E-state index in [1.165, 1.54) is 6.07 Å². The molecule has 1 aromatic carbocycles. The lowest BCUT2D eigenvalue weighted by molar-refractivity contribution is 0.0486. The number of ether oxygens (including phenoxy) is 1. The third-order valence-electron chi connectivity index (χ3n) is 5.39. The first-order valence-corrected chi connectivity index (χ1v) is 10.1. The van der Waals surface area contributed by atoms with Crippen LogP contribution >= 0.6 is 0 Å². The van der Waals surface area contributed by atoms with Crippen molar-refractivity contribution in [1.29, 1.82) is 0 Å². The molecule has 1 fully saturated rings. The van der Waals surface area contributed by atoms with E-state index in [0.717, 1.165) is 31.4 Å². The highest BCUT2D eigenvalue weighted by Crippen LogP contribution is 2.30. The van der Waals surface area contributed by atoms with E-state index in [2.05, 4.69) is 23.5 Å². The van der Waals surface area contributed by atoms with Crippen molar-refractivity contribution < 1.29 is 19.4 Å². The minimum atomic E-state index is -0.982. The van der Waals surface area contributed by atoms with Crippen molar-refractivity contribution in [3.63, 3.8) is 0 Å².